The van der Waals surface area contributed by atoms with Gasteiger partial charge in [-0.1, -0.05) is 6.92 Å². The molecule has 0 radical (unpaired) electrons. The highest BCUT2D eigenvalue weighted by Crippen LogP contribution is 2.31. The van der Waals surface area contributed by atoms with Crippen molar-refractivity contribution >= 4 is 11.2 Å². The highest BCUT2D eigenvalue weighted by Gasteiger charge is 2.34. The minimum absolute atomic E-state index is 0.172. The van der Waals surface area contributed by atoms with E-state index in [9.17, 15) is 9.90 Å². The summed E-state index contributed by atoms with van der Waals surface area (Å²) in [5, 5.41) is 9.84. The third-order valence-corrected chi connectivity index (χ3v) is 3.28. The Morgan fingerprint density at radius 2 is 2.44 bits per heavy atom. The Bertz CT molecular complexity index is 620. The van der Waals surface area contributed by atoms with Crippen molar-refractivity contribution in [1.82, 2.24) is 19.5 Å². The van der Waals surface area contributed by atoms with Crippen LogP contribution >= 0.6 is 0 Å². The lowest BCUT2D eigenvalue weighted by molar-refractivity contribution is -0.0183. The van der Waals surface area contributed by atoms with E-state index in [0.29, 0.717) is 12.1 Å². The molecule has 0 aliphatic carbocycles. The fourth-order valence-electron chi connectivity index (χ4n) is 2.33. The maximum atomic E-state index is 11.5. The number of aromatic nitrogens is 4. The Morgan fingerprint density at radius 1 is 1.61 bits per heavy atom. The standard InChI is InChI=1S/C11H14N4O3/c1-2-7-6(16)3-8(18-7)15-5-14-9-10(15)12-4-13-11(9)17/h4-8,16H,2-3H2,1H3,(H,12,13,17)/t6?,7-,8-/m1/s1. The van der Waals surface area contributed by atoms with Gasteiger partial charge in [0.25, 0.3) is 5.56 Å². The van der Waals surface area contributed by atoms with Gasteiger partial charge in [0.1, 0.15) is 6.23 Å². The van der Waals surface area contributed by atoms with E-state index in [1.54, 1.807) is 4.57 Å². The summed E-state index contributed by atoms with van der Waals surface area (Å²) in [5.41, 5.74) is 0.493. The Kier molecular flexibility index (Phi) is 2.64. The van der Waals surface area contributed by atoms with Crippen LogP contribution in [0.3, 0.4) is 0 Å². The van der Waals surface area contributed by atoms with E-state index in [4.69, 9.17) is 4.74 Å². The number of fused-ring (bicyclic) bond motifs is 1. The number of rotatable bonds is 2. The minimum Gasteiger partial charge on any atom is -0.390 e. The van der Waals surface area contributed by atoms with E-state index < -0.39 is 6.10 Å². The van der Waals surface area contributed by atoms with Crippen LogP contribution in [0.2, 0.25) is 0 Å². The summed E-state index contributed by atoms with van der Waals surface area (Å²) in [5.74, 6) is 0. The van der Waals surface area contributed by atoms with Gasteiger partial charge >= 0.3 is 0 Å². The lowest BCUT2D eigenvalue weighted by Crippen LogP contribution is -2.19. The van der Waals surface area contributed by atoms with Crippen molar-refractivity contribution in [3.05, 3.63) is 23.0 Å². The fraction of sp³-hybridized carbons (Fsp3) is 0.545. The first-order chi connectivity index (χ1) is 8.70. The van der Waals surface area contributed by atoms with Crippen molar-refractivity contribution in [2.75, 3.05) is 0 Å². The second kappa shape index (κ2) is 4.18. The normalized spacial score (nSPS) is 28.0. The number of nitrogens with zero attached hydrogens (tertiary/aromatic N) is 3. The summed E-state index contributed by atoms with van der Waals surface area (Å²) < 4.78 is 7.43. The molecule has 7 heteroatoms. The number of hydrogen-bond donors (Lipinski definition) is 2. The molecule has 3 atom stereocenters. The second-order valence-corrected chi connectivity index (χ2v) is 4.40. The molecule has 7 nitrogen and oxygen atoms in total. The quantitative estimate of drug-likeness (QED) is 0.793. The van der Waals surface area contributed by atoms with Gasteiger partial charge in [-0.2, -0.15) is 0 Å². The van der Waals surface area contributed by atoms with Gasteiger partial charge in [-0.25, -0.2) is 9.97 Å². The highest BCUT2D eigenvalue weighted by molar-refractivity contribution is 5.68. The van der Waals surface area contributed by atoms with Gasteiger partial charge in [-0.3, -0.25) is 9.36 Å². The van der Waals surface area contributed by atoms with Crippen LogP contribution in [0.1, 0.15) is 26.0 Å². The zero-order chi connectivity index (χ0) is 12.7. The molecular formula is C11H14N4O3. The Labute approximate surface area is 102 Å². The predicted octanol–water partition coefficient (Wildman–Crippen LogP) is 0.178. The molecule has 18 heavy (non-hydrogen) atoms. The molecule has 3 rings (SSSR count). The van der Waals surface area contributed by atoms with E-state index in [1.807, 2.05) is 6.92 Å². The zero-order valence-electron chi connectivity index (χ0n) is 9.91. The van der Waals surface area contributed by atoms with E-state index in [-0.39, 0.29) is 23.4 Å². The Morgan fingerprint density at radius 3 is 3.17 bits per heavy atom. The average molecular weight is 250 g/mol. The van der Waals surface area contributed by atoms with Gasteiger partial charge in [-0.15, -0.1) is 0 Å². The molecule has 1 saturated heterocycles. The van der Waals surface area contributed by atoms with Crippen LogP contribution in [-0.4, -0.2) is 36.8 Å². The van der Waals surface area contributed by atoms with Crippen molar-refractivity contribution in [3.8, 4) is 0 Å². The topological polar surface area (TPSA) is 93.0 Å². The van der Waals surface area contributed by atoms with Crippen molar-refractivity contribution < 1.29 is 9.84 Å². The second-order valence-electron chi connectivity index (χ2n) is 4.40. The lowest BCUT2D eigenvalue weighted by Gasteiger charge is -2.13. The molecule has 2 aromatic rings. The summed E-state index contributed by atoms with van der Waals surface area (Å²) >= 11 is 0. The monoisotopic (exact) mass is 250 g/mol. The first kappa shape index (κ1) is 11.4. The van der Waals surface area contributed by atoms with Gasteiger partial charge in [-0.05, 0) is 6.42 Å². The molecule has 0 amide bonds. The lowest BCUT2D eigenvalue weighted by atomic mass is 10.1. The van der Waals surface area contributed by atoms with E-state index in [1.165, 1.54) is 12.7 Å². The maximum Gasteiger partial charge on any atom is 0.278 e. The van der Waals surface area contributed by atoms with Gasteiger partial charge < -0.3 is 14.8 Å². The highest BCUT2D eigenvalue weighted by atomic mass is 16.5. The molecule has 2 aromatic heterocycles. The van der Waals surface area contributed by atoms with Crippen LogP contribution in [0.25, 0.3) is 11.2 Å². The molecule has 0 aromatic carbocycles. The number of hydrogen-bond acceptors (Lipinski definition) is 5. The van der Waals surface area contributed by atoms with Crippen LogP contribution in [0.15, 0.2) is 17.4 Å². The van der Waals surface area contributed by atoms with E-state index in [2.05, 4.69) is 15.0 Å². The third-order valence-electron chi connectivity index (χ3n) is 3.28. The fourth-order valence-corrected chi connectivity index (χ4v) is 2.33. The van der Waals surface area contributed by atoms with Crippen molar-refractivity contribution in [2.45, 2.75) is 38.2 Å². The van der Waals surface area contributed by atoms with Gasteiger partial charge in [0.15, 0.2) is 11.2 Å². The molecule has 96 valence electrons. The molecule has 1 aliphatic heterocycles. The largest absolute Gasteiger partial charge is 0.390 e. The summed E-state index contributed by atoms with van der Waals surface area (Å²) in [6.07, 6.45) is 3.13. The van der Waals surface area contributed by atoms with Crippen molar-refractivity contribution in [3.63, 3.8) is 0 Å². The molecule has 3 heterocycles. The summed E-state index contributed by atoms with van der Waals surface area (Å²) in [6, 6.07) is 0. The summed E-state index contributed by atoms with van der Waals surface area (Å²) in [7, 11) is 0. The van der Waals surface area contributed by atoms with Crippen LogP contribution in [0.4, 0.5) is 0 Å². The number of H-pyrrole nitrogens is 1. The van der Waals surface area contributed by atoms with Crippen LogP contribution in [-0.2, 0) is 4.74 Å². The molecular weight excluding hydrogens is 236 g/mol. The Hall–Kier alpha value is -1.73. The van der Waals surface area contributed by atoms with E-state index in [0.717, 1.165) is 6.42 Å². The van der Waals surface area contributed by atoms with Crippen molar-refractivity contribution in [2.24, 2.45) is 0 Å². The molecule has 0 saturated carbocycles. The molecule has 1 aliphatic rings. The minimum atomic E-state index is -0.487. The van der Waals surface area contributed by atoms with Crippen LogP contribution < -0.4 is 5.56 Å². The Balaban J connectivity index is 2.01. The number of aromatic amines is 1. The van der Waals surface area contributed by atoms with Gasteiger partial charge in [0, 0.05) is 6.42 Å². The molecule has 2 N–H and O–H groups in total. The van der Waals surface area contributed by atoms with Gasteiger partial charge in [0.2, 0.25) is 0 Å². The van der Waals surface area contributed by atoms with Crippen LogP contribution in [0, 0.1) is 0 Å². The van der Waals surface area contributed by atoms with Gasteiger partial charge in [0.05, 0.1) is 24.9 Å². The first-order valence-corrected chi connectivity index (χ1v) is 5.94. The molecule has 0 spiro atoms. The first-order valence-electron chi connectivity index (χ1n) is 5.94. The van der Waals surface area contributed by atoms with Crippen LogP contribution in [0.5, 0.6) is 0 Å². The predicted molar refractivity (Wildman–Crippen MR) is 63.0 cm³/mol. The number of aliphatic hydroxyl groups excluding tert-OH is 1. The van der Waals surface area contributed by atoms with Crippen molar-refractivity contribution in [1.29, 1.82) is 0 Å². The summed E-state index contributed by atoms with van der Waals surface area (Å²) in [4.78, 5) is 22.1. The zero-order valence-corrected chi connectivity index (χ0v) is 9.91. The molecule has 0 bridgehead atoms. The average Bonchev–Trinajstić information content (AvgIpc) is 2.93. The molecule has 1 unspecified atom stereocenters. The van der Waals surface area contributed by atoms with E-state index >= 15 is 0 Å². The number of aliphatic hydroxyl groups is 1. The maximum absolute atomic E-state index is 11.5. The summed E-state index contributed by atoms with van der Waals surface area (Å²) in [6.45, 7) is 1.96. The number of imidazole rings is 1. The third kappa shape index (κ3) is 1.63. The smallest absolute Gasteiger partial charge is 0.278 e. The SMILES string of the molecule is CC[C@H]1O[C@@H](n2cnc3c(=O)[nH]cnc32)CC1O. The molecule has 1 fully saturated rings. The number of nitrogens with one attached hydrogen (secondary N) is 1. The number of ether oxygens (including phenoxy) is 1.